The molecule has 0 unspecified atom stereocenters. The van der Waals surface area contributed by atoms with Crippen LogP contribution in [-0.4, -0.2) is 22.4 Å². The molecule has 0 saturated heterocycles. The predicted molar refractivity (Wildman–Crippen MR) is 109 cm³/mol. The van der Waals surface area contributed by atoms with Crippen LogP contribution in [0.25, 0.3) is 24.3 Å². The highest BCUT2D eigenvalue weighted by atomic mass is 16.5. The van der Waals surface area contributed by atoms with Gasteiger partial charge in [0.25, 0.3) is 0 Å². The molecule has 3 aromatic carbocycles. The van der Waals surface area contributed by atoms with Crippen LogP contribution in [0.5, 0.6) is 23.0 Å². The molecule has 0 spiro atoms. The van der Waals surface area contributed by atoms with Gasteiger partial charge in [-0.25, -0.2) is 0 Å². The Bertz CT molecular complexity index is 986. The molecule has 0 aliphatic carbocycles. The summed E-state index contributed by atoms with van der Waals surface area (Å²) < 4.78 is 5.27. The summed E-state index contributed by atoms with van der Waals surface area (Å²) in [5.41, 5.74) is 3.52. The molecule has 3 aromatic rings. The van der Waals surface area contributed by atoms with Gasteiger partial charge in [0.15, 0.2) is 0 Å². The molecule has 27 heavy (non-hydrogen) atoms. The first kappa shape index (κ1) is 18.1. The normalized spacial score (nSPS) is 11.3. The summed E-state index contributed by atoms with van der Waals surface area (Å²) in [5, 5.41) is 28.6. The van der Waals surface area contributed by atoms with Crippen molar-refractivity contribution < 1.29 is 20.1 Å². The van der Waals surface area contributed by atoms with Crippen LogP contribution in [0.1, 0.15) is 22.3 Å². The fraction of sp³-hybridized carbons (Fsp3) is 0.0435. The molecule has 4 heteroatoms. The Labute approximate surface area is 157 Å². The number of methoxy groups -OCH3 is 1. The maximum atomic E-state index is 9.81. The number of hydrogen-bond acceptors (Lipinski definition) is 4. The van der Waals surface area contributed by atoms with Crippen molar-refractivity contribution in [2.45, 2.75) is 0 Å². The minimum Gasteiger partial charge on any atom is -0.508 e. The van der Waals surface area contributed by atoms with Gasteiger partial charge in [0.05, 0.1) is 7.11 Å². The Hall–Kier alpha value is -3.66. The Morgan fingerprint density at radius 2 is 1.15 bits per heavy atom. The number of hydrogen-bond donors (Lipinski definition) is 3. The van der Waals surface area contributed by atoms with Crippen LogP contribution in [0.4, 0.5) is 0 Å². The van der Waals surface area contributed by atoms with Gasteiger partial charge < -0.3 is 20.1 Å². The number of phenolic OH excluding ortho intramolecular Hbond substituents is 3. The van der Waals surface area contributed by atoms with Crippen LogP contribution < -0.4 is 4.74 Å². The topological polar surface area (TPSA) is 69.9 Å². The van der Waals surface area contributed by atoms with Crippen LogP contribution in [0.15, 0.2) is 60.7 Å². The first-order chi connectivity index (χ1) is 13.0. The van der Waals surface area contributed by atoms with E-state index in [4.69, 9.17) is 4.74 Å². The summed E-state index contributed by atoms with van der Waals surface area (Å²) >= 11 is 0. The standard InChI is InChI=1S/C23H20O4/c1-27-23-15-21(25)13-11-19(23)9-7-17-4-2-16(3-5-17)6-8-18-10-12-20(24)14-22(18)26/h2-15,24-26H,1H3/b8-6+,9-7+. The van der Waals surface area contributed by atoms with Crippen molar-refractivity contribution in [3.05, 3.63) is 82.9 Å². The van der Waals surface area contributed by atoms with Crippen LogP contribution in [-0.2, 0) is 0 Å². The lowest BCUT2D eigenvalue weighted by molar-refractivity contribution is 0.407. The van der Waals surface area contributed by atoms with Crippen LogP contribution in [0.3, 0.4) is 0 Å². The quantitative estimate of drug-likeness (QED) is 0.550. The molecule has 0 aromatic heterocycles. The van der Waals surface area contributed by atoms with E-state index < -0.39 is 0 Å². The number of ether oxygens (including phenoxy) is 1. The number of rotatable bonds is 5. The lowest BCUT2D eigenvalue weighted by Crippen LogP contribution is -1.86. The molecule has 3 rings (SSSR count). The van der Waals surface area contributed by atoms with Crippen molar-refractivity contribution in [1.82, 2.24) is 0 Å². The zero-order valence-electron chi connectivity index (χ0n) is 14.8. The van der Waals surface area contributed by atoms with E-state index in [1.165, 1.54) is 12.1 Å². The summed E-state index contributed by atoms with van der Waals surface area (Å²) in [6.07, 6.45) is 7.58. The Morgan fingerprint density at radius 1 is 0.630 bits per heavy atom. The van der Waals surface area contributed by atoms with Gasteiger partial charge in [-0.15, -0.1) is 0 Å². The van der Waals surface area contributed by atoms with Crippen molar-refractivity contribution in [3.8, 4) is 23.0 Å². The first-order valence-electron chi connectivity index (χ1n) is 8.40. The van der Waals surface area contributed by atoms with E-state index in [0.29, 0.717) is 11.3 Å². The fourth-order valence-electron chi connectivity index (χ4n) is 2.60. The smallest absolute Gasteiger partial charge is 0.129 e. The number of benzene rings is 3. The second-order valence-electron chi connectivity index (χ2n) is 6.00. The summed E-state index contributed by atoms with van der Waals surface area (Å²) in [7, 11) is 1.57. The van der Waals surface area contributed by atoms with Crippen molar-refractivity contribution in [1.29, 1.82) is 0 Å². The Balaban J connectivity index is 1.73. The van der Waals surface area contributed by atoms with Crippen molar-refractivity contribution in [3.63, 3.8) is 0 Å². The van der Waals surface area contributed by atoms with Crippen LogP contribution >= 0.6 is 0 Å². The maximum Gasteiger partial charge on any atom is 0.129 e. The molecule has 3 N–H and O–H groups in total. The molecule has 0 heterocycles. The predicted octanol–water partition coefficient (Wildman–Crippen LogP) is 5.15. The third-order valence-electron chi connectivity index (χ3n) is 4.08. The fourth-order valence-corrected chi connectivity index (χ4v) is 2.60. The highest BCUT2D eigenvalue weighted by molar-refractivity contribution is 5.75. The summed E-state index contributed by atoms with van der Waals surface area (Å²) in [6, 6.07) is 17.4. The molecule has 0 aliphatic rings. The number of phenols is 3. The van der Waals surface area contributed by atoms with Gasteiger partial charge in [0.2, 0.25) is 0 Å². The molecular formula is C23H20O4. The van der Waals surface area contributed by atoms with E-state index in [1.807, 2.05) is 42.5 Å². The highest BCUT2D eigenvalue weighted by Crippen LogP contribution is 2.26. The largest absolute Gasteiger partial charge is 0.508 e. The molecule has 0 atom stereocenters. The lowest BCUT2D eigenvalue weighted by atomic mass is 10.1. The van der Waals surface area contributed by atoms with Gasteiger partial charge >= 0.3 is 0 Å². The van der Waals surface area contributed by atoms with E-state index in [0.717, 1.165) is 16.7 Å². The Kier molecular flexibility index (Phi) is 5.47. The van der Waals surface area contributed by atoms with Crippen molar-refractivity contribution in [2.24, 2.45) is 0 Å². The van der Waals surface area contributed by atoms with Gasteiger partial charge in [-0.3, -0.25) is 0 Å². The third kappa shape index (κ3) is 4.70. The third-order valence-corrected chi connectivity index (χ3v) is 4.08. The SMILES string of the molecule is COc1cc(O)ccc1/C=C/c1ccc(/C=C/c2ccc(O)cc2O)cc1. The molecule has 0 saturated carbocycles. The molecule has 0 aliphatic heterocycles. The Morgan fingerprint density at radius 3 is 1.70 bits per heavy atom. The average Bonchev–Trinajstić information content (AvgIpc) is 2.67. The van der Waals surface area contributed by atoms with Gasteiger partial charge in [-0.05, 0) is 35.4 Å². The van der Waals surface area contributed by atoms with E-state index in [2.05, 4.69) is 0 Å². The van der Waals surface area contributed by atoms with Crippen LogP contribution in [0, 0.1) is 0 Å². The molecule has 0 fully saturated rings. The van der Waals surface area contributed by atoms with Crippen LogP contribution in [0.2, 0.25) is 0 Å². The first-order valence-corrected chi connectivity index (χ1v) is 8.40. The average molecular weight is 360 g/mol. The van der Waals surface area contributed by atoms with Crippen molar-refractivity contribution >= 4 is 24.3 Å². The zero-order valence-corrected chi connectivity index (χ0v) is 14.8. The minimum absolute atomic E-state index is 0.0334. The van der Waals surface area contributed by atoms with E-state index in [1.54, 1.807) is 37.5 Å². The summed E-state index contributed by atoms with van der Waals surface area (Å²) in [5.74, 6) is 0.846. The van der Waals surface area contributed by atoms with Gasteiger partial charge in [0.1, 0.15) is 23.0 Å². The second-order valence-corrected chi connectivity index (χ2v) is 6.00. The highest BCUT2D eigenvalue weighted by Gasteiger charge is 2.01. The second kappa shape index (κ2) is 8.15. The molecule has 0 bridgehead atoms. The zero-order chi connectivity index (χ0) is 19.2. The minimum atomic E-state index is 0.0334. The van der Waals surface area contributed by atoms with Gasteiger partial charge in [-0.2, -0.15) is 0 Å². The lowest BCUT2D eigenvalue weighted by Gasteiger charge is -2.05. The molecule has 0 radical (unpaired) electrons. The van der Waals surface area contributed by atoms with Gasteiger partial charge in [0, 0.05) is 23.3 Å². The number of aromatic hydroxyl groups is 3. The monoisotopic (exact) mass is 360 g/mol. The molecular weight excluding hydrogens is 340 g/mol. The molecule has 4 nitrogen and oxygen atoms in total. The summed E-state index contributed by atoms with van der Waals surface area (Å²) in [6.45, 7) is 0. The maximum absolute atomic E-state index is 9.81. The molecule has 136 valence electrons. The summed E-state index contributed by atoms with van der Waals surface area (Å²) in [4.78, 5) is 0. The van der Waals surface area contributed by atoms with E-state index in [9.17, 15) is 15.3 Å². The van der Waals surface area contributed by atoms with Crippen molar-refractivity contribution in [2.75, 3.05) is 7.11 Å². The van der Waals surface area contributed by atoms with E-state index >= 15 is 0 Å². The molecule has 0 amide bonds. The van der Waals surface area contributed by atoms with Gasteiger partial charge in [-0.1, -0.05) is 48.6 Å². The van der Waals surface area contributed by atoms with E-state index in [-0.39, 0.29) is 17.2 Å².